The normalized spacial score (nSPS) is 12.3. The lowest BCUT2D eigenvalue weighted by Gasteiger charge is -2.25. The Hall–Kier alpha value is -2.39. The molecule has 1 heterocycles. The Balaban J connectivity index is 2.36. The number of carboxylic acids is 1. The zero-order valence-corrected chi connectivity index (χ0v) is 16.5. The summed E-state index contributed by atoms with van der Waals surface area (Å²) in [5, 5.41) is 9.29. The van der Waals surface area contributed by atoms with Crippen molar-refractivity contribution in [2.24, 2.45) is 0 Å². The van der Waals surface area contributed by atoms with Gasteiger partial charge in [-0.3, -0.25) is 4.79 Å². The minimum absolute atomic E-state index is 0.00212. The van der Waals surface area contributed by atoms with Gasteiger partial charge in [0.25, 0.3) is 0 Å². The lowest BCUT2D eigenvalue weighted by atomic mass is 10.0. The molecule has 0 unspecified atom stereocenters. The molecule has 0 bridgehead atoms. The second-order valence-corrected chi connectivity index (χ2v) is 8.50. The van der Waals surface area contributed by atoms with Gasteiger partial charge in [-0.05, 0) is 52.3 Å². The Morgan fingerprint density at radius 2 is 1.96 bits per heavy atom. The molecule has 1 aromatic heterocycles. The fourth-order valence-electron chi connectivity index (χ4n) is 2.65. The fraction of sp³-hybridized carbons (Fsp3) is 0.444. The zero-order chi connectivity index (χ0) is 20.4. The Morgan fingerprint density at radius 3 is 2.56 bits per heavy atom. The number of carbonyl (C=O) groups is 2. The number of nitrogens with one attached hydrogen (secondary N) is 1. The fourth-order valence-corrected chi connectivity index (χ4v) is 4.12. The van der Waals surface area contributed by atoms with Crippen LogP contribution < -0.4 is 4.72 Å². The van der Waals surface area contributed by atoms with Crippen LogP contribution >= 0.6 is 0 Å². The number of ether oxygens (including phenoxy) is 1. The quantitative estimate of drug-likeness (QED) is 0.657. The SMILES string of the molecule is CCOC(=O)c1oc2ccc(S(=O)(=O)NC(C)(C)CCC(=O)O)cc2c1C. The Labute approximate surface area is 157 Å². The van der Waals surface area contributed by atoms with Crippen molar-refractivity contribution < 1.29 is 32.3 Å². The van der Waals surface area contributed by atoms with Gasteiger partial charge >= 0.3 is 11.9 Å². The van der Waals surface area contributed by atoms with Crippen molar-refractivity contribution in [1.82, 2.24) is 4.72 Å². The molecule has 0 aliphatic rings. The van der Waals surface area contributed by atoms with Crippen molar-refractivity contribution >= 4 is 32.9 Å². The Morgan fingerprint density at radius 1 is 1.30 bits per heavy atom. The van der Waals surface area contributed by atoms with Crippen LogP contribution in [0.5, 0.6) is 0 Å². The van der Waals surface area contributed by atoms with Crippen molar-refractivity contribution in [2.75, 3.05) is 6.61 Å². The first-order valence-corrected chi connectivity index (χ1v) is 9.91. The highest BCUT2D eigenvalue weighted by Crippen LogP contribution is 2.29. The number of fused-ring (bicyclic) bond motifs is 1. The van der Waals surface area contributed by atoms with E-state index in [1.54, 1.807) is 27.7 Å². The topological polar surface area (TPSA) is 123 Å². The molecule has 2 rings (SSSR count). The lowest BCUT2D eigenvalue weighted by molar-refractivity contribution is -0.137. The highest BCUT2D eigenvalue weighted by molar-refractivity contribution is 7.89. The number of hydrogen-bond donors (Lipinski definition) is 2. The van der Waals surface area contributed by atoms with E-state index in [0.717, 1.165) is 0 Å². The Bertz CT molecular complexity index is 973. The van der Waals surface area contributed by atoms with Crippen LogP contribution in [-0.4, -0.2) is 37.6 Å². The second-order valence-electron chi connectivity index (χ2n) is 6.82. The lowest BCUT2D eigenvalue weighted by Crippen LogP contribution is -2.43. The molecule has 0 radical (unpaired) electrons. The van der Waals surface area contributed by atoms with Gasteiger partial charge in [0.15, 0.2) is 0 Å². The van der Waals surface area contributed by atoms with Crippen molar-refractivity contribution in [3.05, 3.63) is 29.5 Å². The number of benzene rings is 1. The smallest absolute Gasteiger partial charge is 0.374 e. The summed E-state index contributed by atoms with van der Waals surface area (Å²) in [4.78, 5) is 22.7. The van der Waals surface area contributed by atoms with E-state index in [4.69, 9.17) is 14.3 Å². The van der Waals surface area contributed by atoms with Crippen molar-refractivity contribution in [2.45, 2.75) is 51.0 Å². The second kappa shape index (κ2) is 7.69. The third kappa shape index (κ3) is 4.86. The van der Waals surface area contributed by atoms with Crippen molar-refractivity contribution in [3.8, 4) is 0 Å². The standard InChI is InChI=1S/C18H23NO7S/c1-5-25-17(22)16-11(2)13-10-12(6-7-14(13)26-16)27(23,24)19-18(3,4)9-8-15(20)21/h6-7,10,19H,5,8-9H2,1-4H3,(H,20,21). The minimum atomic E-state index is -3.90. The molecule has 2 N–H and O–H groups in total. The molecule has 148 valence electrons. The first-order chi connectivity index (χ1) is 12.5. The molecule has 8 nitrogen and oxygen atoms in total. The molecule has 0 fully saturated rings. The van der Waals surface area contributed by atoms with Gasteiger partial charge in [0.1, 0.15) is 5.58 Å². The molecule has 0 aliphatic carbocycles. The molecule has 0 saturated heterocycles. The van der Waals surface area contributed by atoms with Crippen LogP contribution in [0.4, 0.5) is 0 Å². The summed E-state index contributed by atoms with van der Waals surface area (Å²) >= 11 is 0. The molecule has 0 atom stereocenters. The van der Waals surface area contributed by atoms with E-state index in [2.05, 4.69) is 4.72 Å². The first-order valence-electron chi connectivity index (χ1n) is 8.43. The number of esters is 1. The number of sulfonamides is 1. The maximum atomic E-state index is 12.7. The van der Waals surface area contributed by atoms with Gasteiger partial charge in [0, 0.05) is 22.9 Å². The van der Waals surface area contributed by atoms with Crippen LogP contribution in [0, 0.1) is 6.92 Å². The van der Waals surface area contributed by atoms with Gasteiger partial charge in [-0.15, -0.1) is 0 Å². The van der Waals surface area contributed by atoms with Crippen molar-refractivity contribution in [3.63, 3.8) is 0 Å². The molecule has 27 heavy (non-hydrogen) atoms. The van der Waals surface area contributed by atoms with Gasteiger partial charge in [-0.1, -0.05) is 0 Å². The number of carbonyl (C=O) groups excluding carboxylic acids is 1. The van der Waals surface area contributed by atoms with Gasteiger partial charge in [-0.2, -0.15) is 0 Å². The van der Waals surface area contributed by atoms with Gasteiger partial charge in [0.05, 0.1) is 11.5 Å². The summed E-state index contributed by atoms with van der Waals surface area (Å²) in [5.74, 6) is -1.57. The van der Waals surface area contributed by atoms with E-state index in [1.165, 1.54) is 18.2 Å². The molecule has 0 saturated carbocycles. The summed E-state index contributed by atoms with van der Waals surface area (Å²) in [7, 11) is -3.90. The summed E-state index contributed by atoms with van der Waals surface area (Å²) in [6.45, 7) is 6.77. The third-order valence-corrected chi connectivity index (χ3v) is 5.75. The van der Waals surface area contributed by atoms with Gasteiger partial charge in [0.2, 0.25) is 15.8 Å². The molecule has 2 aromatic rings. The number of hydrogen-bond acceptors (Lipinski definition) is 6. The third-order valence-electron chi connectivity index (χ3n) is 4.05. The molecule has 0 amide bonds. The highest BCUT2D eigenvalue weighted by Gasteiger charge is 2.28. The first kappa shape index (κ1) is 20.9. The number of carboxylic acid groups (broad SMARTS) is 1. The van der Waals surface area contributed by atoms with Crippen LogP contribution in [0.15, 0.2) is 27.5 Å². The van der Waals surface area contributed by atoms with Gasteiger partial charge in [-0.25, -0.2) is 17.9 Å². The van der Waals surface area contributed by atoms with Crippen LogP contribution in [0.2, 0.25) is 0 Å². The summed E-state index contributed by atoms with van der Waals surface area (Å²) < 4.78 is 38.4. The van der Waals surface area contributed by atoms with Crippen LogP contribution in [0.1, 0.15) is 49.7 Å². The van der Waals surface area contributed by atoms with E-state index >= 15 is 0 Å². The average molecular weight is 397 g/mol. The number of rotatable bonds is 8. The predicted octanol–water partition coefficient (Wildman–Crippen LogP) is 2.84. The van der Waals surface area contributed by atoms with E-state index in [-0.39, 0.29) is 30.1 Å². The molecule has 0 spiro atoms. The molecule has 9 heteroatoms. The van der Waals surface area contributed by atoms with Crippen molar-refractivity contribution in [1.29, 1.82) is 0 Å². The number of furan rings is 1. The maximum absolute atomic E-state index is 12.7. The predicted molar refractivity (Wildman–Crippen MR) is 98.2 cm³/mol. The van der Waals surface area contributed by atoms with Crippen LogP contribution in [0.25, 0.3) is 11.0 Å². The van der Waals surface area contributed by atoms with E-state index in [0.29, 0.717) is 16.5 Å². The van der Waals surface area contributed by atoms with Crippen LogP contribution in [0.3, 0.4) is 0 Å². The highest BCUT2D eigenvalue weighted by atomic mass is 32.2. The monoisotopic (exact) mass is 397 g/mol. The minimum Gasteiger partial charge on any atom is -0.481 e. The molecule has 1 aromatic carbocycles. The average Bonchev–Trinajstić information content (AvgIpc) is 2.89. The van der Waals surface area contributed by atoms with Crippen LogP contribution in [-0.2, 0) is 19.6 Å². The summed E-state index contributed by atoms with van der Waals surface area (Å²) in [6, 6.07) is 4.27. The Kier molecular flexibility index (Phi) is 5.96. The summed E-state index contributed by atoms with van der Waals surface area (Å²) in [5.41, 5.74) is -0.0708. The number of aliphatic carboxylic acids is 1. The largest absolute Gasteiger partial charge is 0.481 e. The molecular weight excluding hydrogens is 374 g/mol. The van der Waals surface area contributed by atoms with E-state index in [9.17, 15) is 18.0 Å². The maximum Gasteiger partial charge on any atom is 0.374 e. The molecule has 0 aliphatic heterocycles. The van der Waals surface area contributed by atoms with Gasteiger partial charge < -0.3 is 14.3 Å². The number of aryl methyl sites for hydroxylation is 1. The zero-order valence-electron chi connectivity index (χ0n) is 15.7. The van der Waals surface area contributed by atoms with E-state index < -0.39 is 27.5 Å². The molecular formula is C18H23NO7S. The van der Waals surface area contributed by atoms with E-state index in [1.807, 2.05) is 0 Å². The summed E-state index contributed by atoms with van der Waals surface area (Å²) in [6.07, 6.45) is -0.0140.